The number of carbonyl (C=O) groups is 2. The van der Waals surface area contributed by atoms with Gasteiger partial charge < -0.3 is 10.4 Å². The van der Waals surface area contributed by atoms with Crippen LogP contribution in [0.2, 0.25) is 0 Å². The highest BCUT2D eigenvalue weighted by Gasteiger charge is 2.48. The van der Waals surface area contributed by atoms with Crippen molar-refractivity contribution in [3.8, 4) is 0 Å². The van der Waals surface area contributed by atoms with Crippen molar-refractivity contribution < 1.29 is 14.7 Å². The summed E-state index contributed by atoms with van der Waals surface area (Å²) in [6.07, 6.45) is 4.00. The van der Waals surface area contributed by atoms with Gasteiger partial charge in [0.15, 0.2) is 5.13 Å². The molecule has 2 saturated carbocycles. The summed E-state index contributed by atoms with van der Waals surface area (Å²) in [6, 6.07) is -0.501. The van der Waals surface area contributed by atoms with Crippen molar-refractivity contribution in [1.29, 1.82) is 0 Å². The zero-order chi connectivity index (χ0) is 14.3. The molecule has 0 spiro atoms. The third-order valence-corrected chi connectivity index (χ3v) is 4.73. The first-order valence-electron chi connectivity index (χ1n) is 6.77. The zero-order valence-electron chi connectivity index (χ0n) is 11.2. The maximum Gasteiger partial charge on any atom is 0.329 e. The fraction of sp³-hybridized carbons (Fsp3) is 0.615. The van der Waals surface area contributed by atoms with E-state index in [0.717, 1.165) is 31.4 Å². The number of aromatic nitrogens is 1. The van der Waals surface area contributed by atoms with Crippen molar-refractivity contribution in [2.24, 2.45) is 5.92 Å². The molecule has 2 amide bonds. The summed E-state index contributed by atoms with van der Waals surface area (Å²) in [5.74, 6) is -0.433. The lowest BCUT2D eigenvalue weighted by molar-refractivity contribution is -0.144. The fourth-order valence-corrected chi connectivity index (χ4v) is 3.05. The van der Waals surface area contributed by atoms with Gasteiger partial charge in [-0.2, -0.15) is 0 Å². The molecule has 1 aromatic rings. The van der Waals surface area contributed by atoms with Crippen molar-refractivity contribution in [1.82, 2.24) is 10.3 Å². The molecule has 0 aliphatic heterocycles. The van der Waals surface area contributed by atoms with Gasteiger partial charge in [0.05, 0.1) is 5.69 Å². The summed E-state index contributed by atoms with van der Waals surface area (Å²) in [5.41, 5.74) is -0.172. The summed E-state index contributed by atoms with van der Waals surface area (Å²) < 4.78 is 0. The van der Waals surface area contributed by atoms with Crippen LogP contribution in [0.25, 0.3) is 0 Å². The van der Waals surface area contributed by atoms with E-state index in [0.29, 0.717) is 11.0 Å². The van der Waals surface area contributed by atoms with Gasteiger partial charge in [0.2, 0.25) is 0 Å². The van der Waals surface area contributed by atoms with E-state index in [2.05, 4.69) is 15.6 Å². The largest absolute Gasteiger partial charge is 0.480 e. The standard InChI is InChI=1S/C13H17N3O3S/c1-13(10(17)18,8-4-5-8)16-11(19)15-12-14-9(6-20-12)7-2-3-7/h6-8H,2-5H2,1H3,(H,17,18)(H2,14,15,16,19). The van der Waals surface area contributed by atoms with E-state index in [4.69, 9.17) is 0 Å². The molecule has 0 saturated heterocycles. The first-order valence-corrected chi connectivity index (χ1v) is 7.65. The predicted molar refractivity (Wildman–Crippen MR) is 75.0 cm³/mol. The minimum atomic E-state index is -1.19. The molecule has 0 aromatic carbocycles. The first kappa shape index (κ1) is 13.4. The number of thiazole rings is 1. The van der Waals surface area contributed by atoms with Crippen LogP contribution in [0, 0.1) is 5.92 Å². The number of nitrogens with one attached hydrogen (secondary N) is 2. The van der Waals surface area contributed by atoms with Crippen molar-refractivity contribution in [2.75, 3.05) is 5.32 Å². The molecule has 6 nitrogen and oxygen atoms in total. The summed E-state index contributed by atoms with van der Waals surface area (Å²) in [6.45, 7) is 1.56. The van der Waals surface area contributed by atoms with E-state index in [9.17, 15) is 14.7 Å². The number of rotatable bonds is 5. The van der Waals surface area contributed by atoms with Gasteiger partial charge in [0, 0.05) is 11.3 Å². The average Bonchev–Trinajstić information content (AvgIpc) is 3.27. The van der Waals surface area contributed by atoms with Crippen LogP contribution in [-0.4, -0.2) is 27.6 Å². The van der Waals surface area contributed by atoms with Crippen LogP contribution in [0.4, 0.5) is 9.93 Å². The second-order valence-electron chi connectivity index (χ2n) is 5.71. The van der Waals surface area contributed by atoms with Gasteiger partial charge in [-0.1, -0.05) is 0 Å². The molecule has 7 heteroatoms. The zero-order valence-corrected chi connectivity index (χ0v) is 12.0. The summed E-state index contributed by atoms with van der Waals surface area (Å²) in [5, 5.41) is 17.0. The number of anilines is 1. The predicted octanol–water partition coefficient (Wildman–Crippen LogP) is 2.40. The second-order valence-corrected chi connectivity index (χ2v) is 6.57. The number of hydrogen-bond acceptors (Lipinski definition) is 4. The SMILES string of the molecule is CC(NC(=O)Nc1nc(C2CC2)cs1)(C(=O)O)C1CC1. The van der Waals surface area contributed by atoms with Crippen molar-refractivity contribution >= 4 is 28.5 Å². The smallest absolute Gasteiger partial charge is 0.329 e. The maximum atomic E-state index is 11.9. The number of aliphatic carboxylic acids is 1. The molecule has 3 N–H and O–H groups in total. The van der Waals surface area contributed by atoms with Crippen molar-refractivity contribution in [3.05, 3.63) is 11.1 Å². The second kappa shape index (κ2) is 4.73. The van der Waals surface area contributed by atoms with Crippen LogP contribution in [-0.2, 0) is 4.79 Å². The van der Waals surface area contributed by atoms with Gasteiger partial charge in [-0.05, 0) is 38.5 Å². The third kappa shape index (κ3) is 2.63. The van der Waals surface area contributed by atoms with Gasteiger partial charge in [0.25, 0.3) is 0 Å². The van der Waals surface area contributed by atoms with Crippen LogP contribution < -0.4 is 10.6 Å². The molecule has 108 valence electrons. The lowest BCUT2D eigenvalue weighted by Gasteiger charge is -2.25. The molecule has 0 radical (unpaired) electrons. The van der Waals surface area contributed by atoms with Gasteiger partial charge >= 0.3 is 12.0 Å². The van der Waals surface area contributed by atoms with Crippen LogP contribution in [0.1, 0.15) is 44.2 Å². The number of carboxylic acids is 1. The molecule has 1 unspecified atom stereocenters. The van der Waals surface area contributed by atoms with Crippen molar-refractivity contribution in [3.63, 3.8) is 0 Å². The maximum absolute atomic E-state index is 11.9. The lowest BCUT2D eigenvalue weighted by atomic mass is 9.96. The van der Waals surface area contributed by atoms with E-state index in [1.807, 2.05) is 5.38 Å². The summed E-state index contributed by atoms with van der Waals surface area (Å²) in [7, 11) is 0. The van der Waals surface area contributed by atoms with Crippen LogP contribution in [0.3, 0.4) is 0 Å². The molecule has 1 heterocycles. The quantitative estimate of drug-likeness (QED) is 0.778. The Labute approximate surface area is 120 Å². The normalized spacial score (nSPS) is 21.1. The Morgan fingerprint density at radius 3 is 2.65 bits per heavy atom. The number of carbonyl (C=O) groups excluding carboxylic acids is 1. The molecule has 2 aliphatic rings. The number of amides is 2. The van der Waals surface area contributed by atoms with Crippen LogP contribution in [0.5, 0.6) is 0 Å². The summed E-state index contributed by atoms with van der Waals surface area (Å²) >= 11 is 1.37. The minimum absolute atomic E-state index is 0.0177. The Morgan fingerprint density at radius 1 is 1.40 bits per heavy atom. The molecule has 1 atom stereocenters. The molecule has 2 aliphatic carbocycles. The Hall–Kier alpha value is -1.63. The molecule has 3 rings (SSSR count). The fourth-order valence-electron chi connectivity index (χ4n) is 2.27. The molecule has 1 aromatic heterocycles. The molecule has 2 fully saturated rings. The van der Waals surface area contributed by atoms with E-state index in [1.165, 1.54) is 11.3 Å². The molecule has 20 heavy (non-hydrogen) atoms. The number of urea groups is 1. The van der Waals surface area contributed by atoms with E-state index < -0.39 is 17.5 Å². The Morgan fingerprint density at radius 2 is 2.10 bits per heavy atom. The highest BCUT2D eigenvalue weighted by Crippen LogP contribution is 2.41. The van der Waals surface area contributed by atoms with Gasteiger partial charge in [-0.15, -0.1) is 11.3 Å². The minimum Gasteiger partial charge on any atom is -0.480 e. The van der Waals surface area contributed by atoms with Crippen molar-refractivity contribution in [2.45, 2.75) is 44.1 Å². The molecule has 0 bridgehead atoms. The number of carboxylic acid groups (broad SMARTS) is 1. The number of hydrogen-bond donors (Lipinski definition) is 3. The van der Waals surface area contributed by atoms with Crippen LogP contribution >= 0.6 is 11.3 Å². The van der Waals surface area contributed by atoms with Gasteiger partial charge in [0.1, 0.15) is 5.54 Å². The molecular formula is C13H17N3O3S. The van der Waals surface area contributed by atoms with E-state index >= 15 is 0 Å². The Kier molecular flexibility index (Phi) is 3.16. The average molecular weight is 295 g/mol. The Balaban J connectivity index is 1.61. The number of nitrogens with zero attached hydrogens (tertiary/aromatic N) is 1. The monoisotopic (exact) mass is 295 g/mol. The molecular weight excluding hydrogens is 278 g/mol. The highest BCUT2D eigenvalue weighted by atomic mass is 32.1. The topological polar surface area (TPSA) is 91.3 Å². The first-order chi connectivity index (χ1) is 9.49. The highest BCUT2D eigenvalue weighted by molar-refractivity contribution is 7.13. The van der Waals surface area contributed by atoms with E-state index in [1.54, 1.807) is 6.92 Å². The van der Waals surface area contributed by atoms with Gasteiger partial charge in [-0.25, -0.2) is 14.6 Å². The lowest BCUT2D eigenvalue weighted by Crippen LogP contribution is -2.55. The Bertz CT molecular complexity index is 551. The summed E-state index contributed by atoms with van der Waals surface area (Å²) in [4.78, 5) is 27.6. The van der Waals surface area contributed by atoms with Crippen LogP contribution in [0.15, 0.2) is 5.38 Å². The third-order valence-electron chi connectivity index (χ3n) is 3.95. The van der Waals surface area contributed by atoms with E-state index in [-0.39, 0.29) is 5.92 Å². The van der Waals surface area contributed by atoms with Gasteiger partial charge in [-0.3, -0.25) is 5.32 Å².